The second-order valence-electron chi connectivity index (χ2n) is 4.62. The number of hydrogen-bond acceptors (Lipinski definition) is 4. The quantitative estimate of drug-likeness (QED) is 0.678. The van der Waals surface area contributed by atoms with Gasteiger partial charge < -0.3 is 20.9 Å². The second kappa shape index (κ2) is 5.32. The van der Waals surface area contributed by atoms with Gasteiger partial charge in [-0.15, -0.1) is 0 Å². The van der Waals surface area contributed by atoms with Crippen molar-refractivity contribution in [1.29, 1.82) is 0 Å². The molecule has 0 bridgehead atoms. The largest absolute Gasteiger partial charge is 0.478 e. The summed E-state index contributed by atoms with van der Waals surface area (Å²) in [5.74, 6) is -4.37. The van der Waals surface area contributed by atoms with E-state index in [9.17, 15) is 29.0 Å². The molecule has 1 aromatic carbocycles. The van der Waals surface area contributed by atoms with Crippen LogP contribution < -0.4 is 11.3 Å². The molecule has 0 aliphatic heterocycles. The van der Waals surface area contributed by atoms with E-state index < -0.39 is 45.8 Å². The van der Waals surface area contributed by atoms with Crippen LogP contribution in [0.4, 0.5) is 10.2 Å². The normalized spacial score (nSPS) is 10.5. The molecular weight excluding hydrogens is 295 g/mol. The van der Waals surface area contributed by atoms with Crippen LogP contribution in [0.2, 0.25) is 0 Å². The average molecular weight is 306 g/mol. The minimum Gasteiger partial charge on any atom is -0.478 e. The van der Waals surface area contributed by atoms with Crippen molar-refractivity contribution in [3.05, 3.63) is 51.1 Å². The number of aromatic carboxylic acids is 2. The number of nitrogens with two attached hydrogens (primary N) is 1. The van der Waals surface area contributed by atoms with E-state index in [0.717, 1.165) is 6.07 Å². The summed E-state index contributed by atoms with van der Waals surface area (Å²) in [5.41, 5.74) is 2.97. The molecule has 0 amide bonds. The number of carboxylic acids is 2. The fraction of sp³-hybridized carbons (Fsp3) is 0.0714. The Morgan fingerprint density at radius 2 is 1.73 bits per heavy atom. The number of aromatic amines is 1. The molecule has 2 rings (SSSR count). The number of rotatable bonds is 3. The van der Waals surface area contributed by atoms with Crippen molar-refractivity contribution in [2.24, 2.45) is 0 Å². The van der Waals surface area contributed by atoms with Crippen molar-refractivity contribution in [3.8, 4) is 11.1 Å². The molecule has 0 unspecified atom stereocenters. The molecule has 1 heterocycles. The summed E-state index contributed by atoms with van der Waals surface area (Å²) in [6.07, 6.45) is 0. The Balaban J connectivity index is 3.02. The number of carbonyl (C=O) groups is 2. The number of aromatic nitrogens is 1. The highest BCUT2D eigenvalue weighted by molar-refractivity contribution is 6.07. The third kappa shape index (κ3) is 2.53. The predicted octanol–water partition coefficient (Wildman–Crippen LogP) is 1.47. The molecule has 0 aliphatic carbocycles. The van der Waals surface area contributed by atoms with Crippen LogP contribution in [0.15, 0.2) is 23.0 Å². The second-order valence-corrected chi connectivity index (χ2v) is 4.62. The number of H-pyrrole nitrogens is 1. The first-order valence-electron chi connectivity index (χ1n) is 6.02. The van der Waals surface area contributed by atoms with Crippen LogP contribution in [-0.4, -0.2) is 27.1 Å². The fourth-order valence-corrected chi connectivity index (χ4v) is 2.22. The molecule has 1 aromatic heterocycles. The van der Waals surface area contributed by atoms with Gasteiger partial charge in [-0.2, -0.15) is 0 Å². The highest BCUT2D eigenvalue weighted by atomic mass is 19.1. The minimum atomic E-state index is -1.64. The summed E-state index contributed by atoms with van der Waals surface area (Å²) in [6, 6.07) is 3.50. The highest BCUT2D eigenvalue weighted by Crippen LogP contribution is 2.30. The monoisotopic (exact) mass is 306 g/mol. The van der Waals surface area contributed by atoms with Gasteiger partial charge in [-0.1, -0.05) is 6.07 Å². The Morgan fingerprint density at radius 3 is 2.23 bits per heavy atom. The van der Waals surface area contributed by atoms with Crippen molar-refractivity contribution >= 4 is 17.8 Å². The Hall–Kier alpha value is -3.16. The number of benzene rings is 1. The van der Waals surface area contributed by atoms with E-state index in [-0.39, 0.29) is 5.56 Å². The minimum absolute atomic E-state index is 0.0508. The van der Waals surface area contributed by atoms with E-state index >= 15 is 0 Å². The standard InChI is InChI=1S/C14H11FN2O5/c1-5-2-6(4-7(15)3-5)8-9(13(19)20)11(16)17-12(18)10(8)14(21)22/h2-4H,1H3,(H,19,20)(H,21,22)(H3,16,17,18). The number of nitrogens with one attached hydrogen (secondary N) is 1. The summed E-state index contributed by atoms with van der Waals surface area (Å²) < 4.78 is 13.6. The van der Waals surface area contributed by atoms with Crippen molar-refractivity contribution in [3.63, 3.8) is 0 Å². The Bertz CT molecular complexity index is 837. The Labute approximate surface area is 122 Å². The van der Waals surface area contributed by atoms with E-state index in [2.05, 4.69) is 0 Å². The fourth-order valence-electron chi connectivity index (χ4n) is 2.22. The van der Waals surface area contributed by atoms with Crippen molar-refractivity contribution in [1.82, 2.24) is 4.98 Å². The summed E-state index contributed by atoms with van der Waals surface area (Å²) >= 11 is 0. The van der Waals surface area contributed by atoms with Crippen molar-refractivity contribution < 1.29 is 24.2 Å². The zero-order valence-electron chi connectivity index (χ0n) is 11.3. The van der Waals surface area contributed by atoms with Crippen LogP contribution >= 0.6 is 0 Å². The number of halogens is 1. The molecular formula is C14H11FN2O5. The number of anilines is 1. The molecule has 5 N–H and O–H groups in total. The number of carboxylic acid groups (broad SMARTS) is 2. The van der Waals surface area contributed by atoms with Gasteiger partial charge in [0.2, 0.25) is 0 Å². The van der Waals surface area contributed by atoms with Gasteiger partial charge in [0.25, 0.3) is 5.56 Å². The summed E-state index contributed by atoms with van der Waals surface area (Å²) in [5, 5.41) is 18.5. The molecule has 0 saturated heterocycles. The third-order valence-corrected chi connectivity index (χ3v) is 3.00. The van der Waals surface area contributed by atoms with Crippen LogP contribution in [0.3, 0.4) is 0 Å². The lowest BCUT2D eigenvalue weighted by molar-refractivity contribution is 0.0695. The lowest BCUT2D eigenvalue weighted by Crippen LogP contribution is -2.24. The first-order chi connectivity index (χ1) is 10.2. The summed E-state index contributed by atoms with van der Waals surface area (Å²) in [6.45, 7) is 1.55. The maximum absolute atomic E-state index is 13.6. The molecule has 114 valence electrons. The Morgan fingerprint density at radius 1 is 1.14 bits per heavy atom. The molecule has 7 nitrogen and oxygen atoms in total. The van der Waals surface area contributed by atoms with Gasteiger partial charge in [-0.3, -0.25) is 4.79 Å². The first kappa shape index (κ1) is 15.2. The van der Waals surface area contributed by atoms with Gasteiger partial charge in [-0.25, -0.2) is 14.0 Å². The van der Waals surface area contributed by atoms with Crippen molar-refractivity contribution in [2.75, 3.05) is 5.73 Å². The van der Waals surface area contributed by atoms with E-state index in [1.165, 1.54) is 12.1 Å². The van der Waals surface area contributed by atoms with Crippen molar-refractivity contribution in [2.45, 2.75) is 6.92 Å². The van der Waals surface area contributed by atoms with Gasteiger partial charge >= 0.3 is 11.9 Å². The number of hydrogen-bond donors (Lipinski definition) is 4. The molecule has 0 aliphatic rings. The van der Waals surface area contributed by atoms with E-state index in [4.69, 9.17) is 5.73 Å². The molecule has 0 atom stereocenters. The van der Waals surface area contributed by atoms with Gasteiger partial charge in [0.15, 0.2) is 0 Å². The van der Waals surface area contributed by atoms with E-state index in [1.54, 1.807) is 6.92 Å². The molecule has 0 radical (unpaired) electrons. The van der Waals surface area contributed by atoms with Crippen LogP contribution in [0.25, 0.3) is 11.1 Å². The molecule has 2 aromatic rings. The first-order valence-corrected chi connectivity index (χ1v) is 6.02. The number of aryl methyl sites for hydroxylation is 1. The molecule has 0 saturated carbocycles. The van der Waals surface area contributed by atoms with E-state index in [0.29, 0.717) is 5.56 Å². The lowest BCUT2D eigenvalue weighted by Gasteiger charge is -2.12. The van der Waals surface area contributed by atoms with E-state index in [1.807, 2.05) is 4.98 Å². The van der Waals surface area contributed by atoms with Crippen LogP contribution in [0.1, 0.15) is 26.3 Å². The zero-order valence-corrected chi connectivity index (χ0v) is 11.3. The van der Waals surface area contributed by atoms with Gasteiger partial charge in [-0.05, 0) is 30.2 Å². The maximum Gasteiger partial charge on any atom is 0.342 e. The number of pyridine rings is 1. The predicted molar refractivity (Wildman–Crippen MR) is 75.5 cm³/mol. The smallest absolute Gasteiger partial charge is 0.342 e. The van der Waals surface area contributed by atoms with Gasteiger partial charge in [0, 0.05) is 5.56 Å². The SMILES string of the molecule is Cc1cc(F)cc(-c2c(C(=O)O)c(N)[nH]c(=O)c2C(=O)O)c1. The summed E-state index contributed by atoms with van der Waals surface area (Å²) in [4.78, 5) is 36.5. The average Bonchev–Trinajstić information content (AvgIpc) is 2.35. The molecule has 8 heteroatoms. The topological polar surface area (TPSA) is 133 Å². The van der Waals surface area contributed by atoms with Gasteiger partial charge in [0.1, 0.15) is 22.8 Å². The van der Waals surface area contributed by atoms with Crippen LogP contribution in [0.5, 0.6) is 0 Å². The zero-order chi connectivity index (χ0) is 16.6. The molecule has 22 heavy (non-hydrogen) atoms. The Kier molecular flexibility index (Phi) is 3.68. The summed E-state index contributed by atoms with van der Waals surface area (Å²) in [7, 11) is 0. The molecule has 0 spiro atoms. The molecule has 0 fully saturated rings. The number of nitrogen functional groups attached to an aromatic ring is 1. The van der Waals surface area contributed by atoms with Crippen LogP contribution in [-0.2, 0) is 0 Å². The van der Waals surface area contributed by atoms with Gasteiger partial charge in [0.05, 0.1) is 0 Å². The maximum atomic E-state index is 13.6. The highest BCUT2D eigenvalue weighted by Gasteiger charge is 2.26. The third-order valence-electron chi connectivity index (χ3n) is 3.00. The van der Waals surface area contributed by atoms with Crippen LogP contribution in [0, 0.1) is 12.7 Å². The lowest BCUT2D eigenvalue weighted by atomic mass is 9.94.